The molecule has 1 aromatic carbocycles. The molecule has 1 heterocycles. The number of hydrogen-bond acceptors (Lipinski definition) is 4. The number of benzene rings is 1. The van der Waals surface area contributed by atoms with Gasteiger partial charge in [0.1, 0.15) is 5.82 Å². The lowest BCUT2D eigenvalue weighted by Crippen LogP contribution is -2.16. The molecule has 1 N–H and O–H groups in total. The van der Waals surface area contributed by atoms with Gasteiger partial charge in [0, 0.05) is 19.2 Å². The Morgan fingerprint density at radius 1 is 1.26 bits per heavy atom. The second-order valence-electron chi connectivity index (χ2n) is 5.67. The minimum Gasteiger partial charge on any atom is -0.325 e. The SMILES string of the molecule is CCCCc1nnc(SCC(=O)Nc2c(C)cccc2C)n1C. The van der Waals surface area contributed by atoms with E-state index < -0.39 is 0 Å². The first kappa shape index (κ1) is 17.5. The molecular formula is C17H24N4OS. The molecule has 1 aromatic heterocycles. The topological polar surface area (TPSA) is 59.8 Å². The van der Waals surface area contributed by atoms with Gasteiger partial charge in [-0.05, 0) is 31.4 Å². The predicted octanol–water partition coefficient (Wildman–Crippen LogP) is 3.51. The summed E-state index contributed by atoms with van der Waals surface area (Å²) in [5, 5.41) is 12.2. The van der Waals surface area contributed by atoms with Crippen LogP contribution in [0.2, 0.25) is 0 Å². The molecule has 124 valence electrons. The zero-order valence-electron chi connectivity index (χ0n) is 14.2. The standard InChI is InChI=1S/C17H24N4OS/c1-5-6-10-14-19-20-17(21(14)4)23-11-15(22)18-16-12(2)8-7-9-13(16)3/h7-9H,5-6,10-11H2,1-4H3,(H,18,22). The van der Waals surface area contributed by atoms with E-state index >= 15 is 0 Å². The Balaban J connectivity index is 1.93. The van der Waals surface area contributed by atoms with Crippen LogP contribution >= 0.6 is 11.8 Å². The highest BCUT2D eigenvalue weighted by Crippen LogP contribution is 2.21. The number of rotatable bonds is 7. The molecule has 0 unspecified atom stereocenters. The van der Waals surface area contributed by atoms with Crippen molar-refractivity contribution in [2.24, 2.45) is 7.05 Å². The molecule has 0 saturated carbocycles. The number of unbranched alkanes of at least 4 members (excludes halogenated alkanes) is 1. The zero-order valence-corrected chi connectivity index (χ0v) is 15.0. The van der Waals surface area contributed by atoms with Crippen molar-refractivity contribution in [3.05, 3.63) is 35.2 Å². The second-order valence-corrected chi connectivity index (χ2v) is 6.61. The summed E-state index contributed by atoms with van der Waals surface area (Å²) in [5.41, 5.74) is 3.05. The van der Waals surface area contributed by atoms with E-state index in [1.54, 1.807) is 0 Å². The van der Waals surface area contributed by atoms with E-state index in [1.807, 2.05) is 43.7 Å². The lowest BCUT2D eigenvalue weighted by Gasteiger charge is -2.11. The van der Waals surface area contributed by atoms with Crippen LogP contribution in [0, 0.1) is 13.8 Å². The highest BCUT2D eigenvalue weighted by Gasteiger charge is 2.12. The molecule has 0 aliphatic heterocycles. The molecule has 5 nitrogen and oxygen atoms in total. The van der Waals surface area contributed by atoms with Gasteiger partial charge in [-0.15, -0.1) is 10.2 Å². The Bertz CT molecular complexity index is 661. The Kier molecular flexibility index (Phi) is 6.21. The van der Waals surface area contributed by atoms with Crippen LogP contribution in [0.1, 0.15) is 36.7 Å². The molecule has 0 spiro atoms. The molecule has 1 amide bonds. The van der Waals surface area contributed by atoms with Crippen molar-refractivity contribution in [1.82, 2.24) is 14.8 Å². The molecule has 0 radical (unpaired) electrons. The summed E-state index contributed by atoms with van der Waals surface area (Å²) in [6, 6.07) is 5.99. The minimum atomic E-state index is -0.0227. The van der Waals surface area contributed by atoms with Crippen molar-refractivity contribution < 1.29 is 4.79 Å². The van der Waals surface area contributed by atoms with Crippen molar-refractivity contribution in [2.45, 2.75) is 45.2 Å². The summed E-state index contributed by atoms with van der Waals surface area (Å²) in [6.45, 7) is 6.15. The highest BCUT2D eigenvalue weighted by atomic mass is 32.2. The Morgan fingerprint density at radius 3 is 2.61 bits per heavy atom. The third-order valence-corrected chi connectivity index (χ3v) is 4.78. The summed E-state index contributed by atoms with van der Waals surface area (Å²) in [5.74, 6) is 1.28. The van der Waals surface area contributed by atoms with E-state index in [4.69, 9.17) is 0 Å². The number of para-hydroxylation sites is 1. The minimum absolute atomic E-state index is 0.0227. The van der Waals surface area contributed by atoms with Gasteiger partial charge in [0.15, 0.2) is 5.16 Å². The van der Waals surface area contributed by atoms with Gasteiger partial charge in [0.2, 0.25) is 5.91 Å². The molecule has 2 aromatic rings. The number of nitrogens with one attached hydrogen (secondary N) is 1. The first-order chi connectivity index (χ1) is 11.0. The van der Waals surface area contributed by atoms with E-state index in [-0.39, 0.29) is 5.91 Å². The number of carbonyl (C=O) groups excluding carboxylic acids is 1. The lowest BCUT2D eigenvalue weighted by molar-refractivity contribution is -0.113. The van der Waals surface area contributed by atoms with Crippen LogP contribution in [-0.2, 0) is 18.3 Å². The Morgan fingerprint density at radius 2 is 1.96 bits per heavy atom. The number of hydrogen-bond donors (Lipinski definition) is 1. The van der Waals surface area contributed by atoms with Gasteiger partial charge in [-0.3, -0.25) is 4.79 Å². The predicted molar refractivity (Wildman–Crippen MR) is 94.9 cm³/mol. The molecule has 0 fully saturated rings. The van der Waals surface area contributed by atoms with Crippen molar-refractivity contribution in [1.29, 1.82) is 0 Å². The van der Waals surface area contributed by atoms with Crippen molar-refractivity contribution in [2.75, 3.05) is 11.1 Å². The van der Waals surface area contributed by atoms with E-state index in [0.29, 0.717) is 5.75 Å². The van der Waals surface area contributed by atoms with Crippen molar-refractivity contribution >= 4 is 23.4 Å². The summed E-state index contributed by atoms with van der Waals surface area (Å²) in [6.07, 6.45) is 3.16. The van der Waals surface area contributed by atoms with E-state index in [2.05, 4.69) is 22.4 Å². The first-order valence-electron chi connectivity index (χ1n) is 7.90. The van der Waals surface area contributed by atoms with Gasteiger partial charge in [-0.25, -0.2) is 0 Å². The molecule has 23 heavy (non-hydrogen) atoms. The normalized spacial score (nSPS) is 10.8. The summed E-state index contributed by atoms with van der Waals surface area (Å²) >= 11 is 1.42. The van der Waals surface area contributed by atoms with Crippen LogP contribution in [0.25, 0.3) is 0 Å². The lowest BCUT2D eigenvalue weighted by atomic mass is 10.1. The van der Waals surface area contributed by atoms with Crippen molar-refractivity contribution in [3.63, 3.8) is 0 Å². The number of anilines is 1. The van der Waals surface area contributed by atoms with Crippen molar-refractivity contribution in [3.8, 4) is 0 Å². The van der Waals surface area contributed by atoms with Gasteiger partial charge in [-0.1, -0.05) is 43.3 Å². The van der Waals surface area contributed by atoms with Gasteiger partial charge < -0.3 is 9.88 Å². The first-order valence-corrected chi connectivity index (χ1v) is 8.88. The zero-order chi connectivity index (χ0) is 16.8. The molecule has 0 aliphatic rings. The maximum Gasteiger partial charge on any atom is 0.234 e. The summed E-state index contributed by atoms with van der Waals surface area (Å²) in [7, 11) is 1.96. The van der Waals surface area contributed by atoms with E-state index in [0.717, 1.165) is 47.1 Å². The van der Waals surface area contributed by atoms with Crippen LogP contribution in [0.15, 0.2) is 23.4 Å². The van der Waals surface area contributed by atoms with Crippen LogP contribution in [0.5, 0.6) is 0 Å². The third-order valence-electron chi connectivity index (χ3n) is 3.76. The fourth-order valence-corrected chi connectivity index (χ4v) is 3.07. The molecule has 0 atom stereocenters. The number of nitrogens with zero attached hydrogens (tertiary/aromatic N) is 3. The maximum absolute atomic E-state index is 12.2. The molecule has 0 saturated heterocycles. The van der Waals surface area contributed by atoms with Gasteiger partial charge in [-0.2, -0.15) is 0 Å². The Labute approximate surface area is 141 Å². The van der Waals surface area contributed by atoms with Crippen LogP contribution in [-0.4, -0.2) is 26.4 Å². The van der Waals surface area contributed by atoms with Crippen LogP contribution < -0.4 is 5.32 Å². The average molecular weight is 332 g/mol. The quantitative estimate of drug-likeness (QED) is 0.788. The highest BCUT2D eigenvalue weighted by molar-refractivity contribution is 7.99. The number of carbonyl (C=O) groups is 1. The fraction of sp³-hybridized carbons (Fsp3) is 0.471. The largest absolute Gasteiger partial charge is 0.325 e. The molecule has 6 heteroatoms. The van der Waals surface area contributed by atoms with E-state index in [1.165, 1.54) is 11.8 Å². The fourth-order valence-electron chi connectivity index (χ4n) is 2.34. The maximum atomic E-state index is 12.2. The molecular weight excluding hydrogens is 308 g/mol. The summed E-state index contributed by atoms with van der Waals surface area (Å²) < 4.78 is 1.98. The van der Waals surface area contributed by atoms with Gasteiger partial charge in [0.05, 0.1) is 5.75 Å². The molecule has 0 bridgehead atoms. The number of aryl methyl sites for hydroxylation is 3. The van der Waals surface area contributed by atoms with E-state index in [9.17, 15) is 4.79 Å². The molecule has 0 aliphatic carbocycles. The molecule has 2 rings (SSSR count). The average Bonchev–Trinajstić information content (AvgIpc) is 2.87. The van der Waals surface area contributed by atoms with Gasteiger partial charge >= 0.3 is 0 Å². The number of aromatic nitrogens is 3. The van der Waals surface area contributed by atoms with Crippen LogP contribution in [0.4, 0.5) is 5.69 Å². The smallest absolute Gasteiger partial charge is 0.234 e. The number of thioether (sulfide) groups is 1. The summed E-state index contributed by atoms with van der Waals surface area (Å²) in [4.78, 5) is 12.2. The monoisotopic (exact) mass is 332 g/mol. The third kappa shape index (κ3) is 4.58. The Hall–Kier alpha value is -1.82. The van der Waals surface area contributed by atoms with Gasteiger partial charge in [0.25, 0.3) is 0 Å². The number of amides is 1. The van der Waals surface area contributed by atoms with Crippen LogP contribution in [0.3, 0.4) is 0 Å². The second kappa shape index (κ2) is 8.15.